The number of nitrogens with one attached hydrogen (secondary N) is 1. The lowest BCUT2D eigenvalue weighted by molar-refractivity contribution is 0.0696. The largest absolute Gasteiger partial charge is 0.476 e. The topological polar surface area (TPSA) is 92.2 Å². The zero-order chi connectivity index (χ0) is 13.1. The van der Waals surface area contributed by atoms with Gasteiger partial charge in [0.25, 0.3) is 5.91 Å². The number of nitrogens with zero attached hydrogens (tertiary/aromatic N) is 2. The molecule has 0 unspecified atom stereocenters. The maximum atomic E-state index is 11.7. The molecule has 0 aliphatic carbocycles. The molecule has 0 aliphatic rings. The average molecular weight is 283 g/mol. The fraction of sp³-hybridized carbons (Fsp3) is 0.200. The number of carboxylic acids is 1. The van der Waals surface area contributed by atoms with Crippen LogP contribution < -0.4 is 5.32 Å². The molecule has 0 atom stereocenters. The van der Waals surface area contributed by atoms with Crippen LogP contribution in [0.15, 0.2) is 11.6 Å². The number of hydrogen-bond donors (Lipinski definition) is 2. The number of aromatic carboxylic acids is 1. The van der Waals surface area contributed by atoms with E-state index in [0.29, 0.717) is 6.54 Å². The first-order chi connectivity index (χ1) is 8.56. The normalized spacial score (nSPS) is 10.3. The summed E-state index contributed by atoms with van der Waals surface area (Å²) in [7, 11) is 0. The Morgan fingerprint density at radius 3 is 2.83 bits per heavy atom. The molecular weight excluding hydrogens is 274 g/mol. The number of carbonyl (C=O) groups is 2. The Bertz CT molecular complexity index is 591. The summed E-state index contributed by atoms with van der Waals surface area (Å²) in [4.78, 5) is 30.5. The highest BCUT2D eigenvalue weighted by molar-refractivity contribution is 7.15. The second-order valence-corrected chi connectivity index (χ2v) is 5.47. The number of rotatable bonds is 4. The standard InChI is InChI=1S/C10H9N3O3S2/c1-5-13-6(4-17-5)2-11-8(14)7-3-12-9(18-7)10(15)16/h3-4H,2H2,1H3,(H,11,14)(H,15,16). The minimum absolute atomic E-state index is 0.0929. The van der Waals surface area contributed by atoms with Gasteiger partial charge in [-0.2, -0.15) is 0 Å². The number of carbonyl (C=O) groups excluding carboxylic acids is 1. The van der Waals surface area contributed by atoms with Crippen LogP contribution in [0.25, 0.3) is 0 Å². The molecule has 0 spiro atoms. The number of carboxylic acid groups (broad SMARTS) is 1. The van der Waals surface area contributed by atoms with E-state index in [0.717, 1.165) is 22.0 Å². The summed E-state index contributed by atoms with van der Waals surface area (Å²) >= 11 is 2.36. The first kappa shape index (κ1) is 12.7. The molecule has 0 aliphatic heterocycles. The van der Waals surface area contributed by atoms with E-state index in [2.05, 4.69) is 15.3 Å². The first-order valence-electron chi connectivity index (χ1n) is 4.94. The van der Waals surface area contributed by atoms with Crippen LogP contribution >= 0.6 is 22.7 Å². The van der Waals surface area contributed by atoms with Crippen molar-refractivity contribution in [1.82, 2.24) is 15.3 Å². The van der Waals surface area contributed by atoms with Crippen molar-refractivity contribution in [2.75, 3.05) is 0 Å². The van der Waals surface area contributed by atoms with E-state index >= 15 is 0 Å². The molecule has 8 heteroatoms. The van der Waals surface area contributed by atoms with E-state index < -0.39 is 5.97 Å². The van der Waals surface area contributed by atoms with Crippen molar-refractivity contribution in [3.05, 3.63) is 32.2 Å². The van der Waals surface area contributed by atoms with Crippen LogP contribution in [-0.2, 0) is 6.54 Å². The van der Waals surface area contributed by atoms with Crippen molar-refractivity contribution in [2.45, 2.75) is 13.5 Å². The van der Waals surface area contributed by atoms with Crippen molar-refractivity contribution in [3.8, 4) is 0 Å². The molecule has 0 bridgehead atoms. The molecule has 6 nitrogen and oxygen atoms in total. The van der Waals surface area contributed by atoms with Gasteiger partial charge in [0.05, 0.1) is 23.4 Å². The SMILES string of the molecule is Cc1nc(CNC(=O)c2cnc(C(=O)O)s2)cs1. The Hall–Kier alpha value is -1.80. The van der Waals surface area contributed by atoms with E-state index in [1.807, 2.05) is 12.3 Å². The van der Waals surface area contributed by atoms with Crippen molar-refractivity contribution in [1.29, 1.82) is 0 Å². The summed E-state index contributed by atoms with van der Waals surface area (Å²) in [6.45, 7) is 2.21. The maximum Gasteiger partial charge on any atom is 0.365 e. The van der Waals surface area contributed by atoms with Crippen LogP contribution in [0.1, 0.15) is 30.2 Å². The van der Waals surface area contributed by atoms with Gasteiger partial charge in [0, 0.05) is 5.38 Å². The van der Waals surface area contributed by atoms with Gasteiger partial charge >= 0.3 is 5.97 Å². The molecule has 2 rings (SSSR count). The molecule has 0 fully saturated rings. The van der Waals surface area contributed by atoms with E-state index in [9.17, 15) is 9.59 Å². The van der Waals surface area contributed by atoms with E-state index in [4.69, 9.17) is 5.11 Å². The second-order valence-electron chi connectivity index (χ2n) is 3.38. The van der Waals surface area contributed by atoms with E-state index in [1.165, 1.54) is 17.5 Å². The van der Waals surface area contributed by atoms with Gasteiger partial charge in [0.15, 0.2) is 0 Å². The minimum Gasteiger partial charge on any atom is -0.476 e. The third-order valence-corrected chi connectivity index (χ3v) is 3.82. The summed E-state index contributed by atoms with van der Waals surface area (Å²) in [5.41, 5.74) is 0.786. The Balaban J connectivity index is 1.97. The highest BCUT2D eigenvalue weighted by Gasteiger charge is 2.14. The second kappa shape index (κ2) is 5.23. The van der Waals surface area contributed by atoms with Gasteiger partial charge in [-0.05, 0) is 6.92 Å². The van der Waals surface area contributed by atoms with Gasteiger partial charge in [-0.15, -0.1) is 22.7 Å². The summed E-state index contributed by atoms with van der Waals surface area (Å²) < 4.78 is 0. The molecule has 2 heterocycles. The third-order valence-electron chi connectivity index (χ3n) is 2.01. The minimum atomic E-state index is -1.13. The Morgan fingerprint density at radius 1 is 1.50 bits per heavy atom. The Morgan fingerprint density at radius 2 is 2.28 bits per heavy atom. The van der Waals surface area contributed by atoms with Crippen LogP contribution in [0, 0.1) is 6.92 Å². The molecule has 2 aromatic heterocycles. The predicted molar refractivity (Wildman–Crippen MR) is 67.1 cm³/mol. The third kappa shape index (κ3) is 2.90. The van der Waals surface area contributed by atoms with Crippen LogP contribution in [-0.4, -0.2) is 27.0 Å². The number of aryl methyl sites for hydroxylation is 1. The fourth-order valence-electron chi connectivity index (χ4n) is 1.23. The van der Waals surface area contributed by atoms with Gasteiger partial charge in [-0.1, -0.05) is 0 Å². The molecule has 0 aromatic carbocycles. The summed E-state index contributed by atoms with van der Waals surface area (Å²) in [6.07, 6.45) is 1.26. The van der Waals surface area contributed by atoms with Gasteiger partial charge in [-0.3, -0.25) is 4.79 Å². The Kier molecular flexibility index (Phi) is 3.68. The number of hydrogen-bond acceptors (Lipinski definition) is 6. The summed E-state index contributed by atoms with van der Waals surface area (Å²) in [5, 5.41) is 14.1. The quantitative estimate of drug-likeness (QED) is 0.888. The Labute approximate surface area is 110 Å². The molecule has 2 aromatic rings. The van der Waals surface area contributed by atoms with Crippen LogP contribution in [0.4, 0.5) is 0 Å². The van der Waals surface area contributed by atoms with Crippen molar-refractivity contribution < 1.29 is 14.7 Å². The lowest BCUT2D eigenvalue weighted by atomic mass is 10.4. The maximum absolute atomic E-state index is 11.7. The molecule has 0 saturated carbocycles. The van der Waals surface area contributed by atoms with Gasteiger partial charge < -0.3 is 10.4 Å². The van der Waals surface area contributed by atoms with Crippen LogP contribution in [0.2, 0.25) is 0 Å². The van der Waals surface area contributed by atoms with Crippen molar-refractivity contribution in [2.24, 2.45) is 0 Å². The summed E-state index contributed by atoms with van der Waals surface area (Å²) in [5.74, 6) is -1.47. The zero-order valence-electron chi connectivity index (χ0n) is 9.34. The fourth-order valence-corrected chi connectivity index (χ4v) is 2.51. The van der Waals surface area contributed by atoms with Crippen LogP contribution in [0.3, 0.4) is 0 Å². The monoisotopic (exact) mass is 283 g/mol. The molecule has 2 N–H and O–H groups in total. The molecule has 1 amide bonds. The summed E-state index contributed by atoms with van der Waals surface area (Å²) in [6, 6.07) is 0. The van der Waals surface area contributed by atoms with Gasteiger partial charge in [-0.25, -0.2) is 14.8 Å². The lowest BCUT2D eigenvalue weighted by Crippen LogP contribution is -2.21. The average Bonchev–Trinajstić information content (AvgIpc) is 2.94. The zero-order valence-corrected chi connectivity index (χ0v) is 11.0. The van der Waals surface area contributed by atoms with E-state index in [1.54, 1.807) is 0 Å². The first-order valence-corrected chi connectivity index (χ1v) is 6.64. The number of aromatic nitrogens is 2. The van der Waals surface area contributed by atoms with Crippen molar-refractivity contribution in [3.63, 3.8) is 0 Å². The predicted octanol–water partition coefficient (Wildman–Crippen LogP) is 1.54. The smallest absolute Gasteiger partial charge is 0.365 e. The highest BCUT2D eigenvalue weighted by atomic mass is 32.1. The van der Waals surface area contributed by atoms with Gasteiger partial charge in [0.1, 0.15) is 4.88 Å². The highest BCUT2D eigenvalue weighted by Crippen LogP contribution is 2.13. The lowest BCUT2D eigenvalue weighted by Gasteiger charge is -1.99. The molecule has 94 valence electrons. The van der Waals surface area contributed by atoms with Gasteiger partial charge in [0.2, 0.25) is 5.01 Å². The molecule has 0 saturated heterocycles. The molecular formula is C10H9N3O3S2. The molecule has 18 heavy (non-hydrogen) atoms. The van der Waals surface area contributed by atoms with Crippen LogP contribution in [0.5, 0.6) is 0 Å². The van der Waals surface area contributed by atoms with Crippen molar-refractivity contribution >= 4 is 34.6 Å². The molecule has 0 radical (unpaired) electrons. The van der Waals surface area contributed by atoms with E-state index in [-0.39, 0.29) is 15.8 Å². The number of thiazole rings is 2. The number of amides is 1.